The van der Waals surface area contributed by atoms with E-state index < -0.39 is 0 Å². The Kier molecular flexibility index (Phi) is 8.26. The van der Waals surface area contributed by atoms with E-state index in [1.165, 1.54) is 0 Å². The molecule has 6 heteroatoms. The van der Waals surface area contributed by atoms with E-state index in [1.54, 1.807) is 29.2 Å². The van der Waals surface area contributed by atoms with Crippen LogP contribution < -0.4 is 15.4 Å². The standard InChI is InChI=1S/C26H29N3O3/c1-3-29(4-2)26(31)21-13-10-14-22(17-21)28-25(30)18-27-23-15-8-9-16-24(23)32-19-20-11-6-5-7-12-20/h5-17,27H,3-4,18-19H2,1-2H3,(H,28,30). The summed E-state index contributed by atoms with van der Waals surface area (Å²) in [5, 5.41) is 5.98. The zero-order valence-corrected chi connectivity index (χ0v) is 18.5. The summed E-state index contributed by atoms with van der Waals surface area (Å²) in [7, 11) is 0. The molecule has 0 heterocycles. The Morgan fingerprint density at radius 2 is 1.59 bits per heavy atom. The van der Waals surface area contributed by atoms with Crippen LogP contribution in [0.1, 0.15) is 29.8 Å². The van der Waals surface area contributed by atoms with E-state index in [0.29, 0.717) is 36.7 Å². The molecule has 0 atom stereocenters. The van der Waals surface area contributed by atoms with Crippen molar-refractivity contribution in [2.75, 3.05) is 30.3 Å². The lowest BCUT2D eigenvalue weighted by molar-refractivity contribution is -0.114. The van der Waals surface area contributed by atoms with Gasteiger partial charge in [0.2, 0.25) is 5.91 Å². The van der Waals surface area contributed by atoms with Crippen molar-refractivity contribution in [3.05, 3.63) is 90.0 Å². The molecule has 0 radical (unpaired) electrons. The predicted octanol–water partition coefficient (Wildman–Crippen LogP) is 4.80. The number of nitrogens with one attached hydrogen (secondary N) is 2. The van der Waals surface area contributed by atoms with Crippen molar-refractivity contribution in [1.29, 1.82) is 0 Å². The van der Waals surface area contributed by atoms with Gasteiger partial charge in [0.25, 0.3) is 5.91 Å². The van der Waals surface area contributed by atoms with E-state index in [1.807, 2.05) is 68.4 Å². The Labute approximate surface area is 189 Å². The zero-order chi connectivity index (χ0) is 22.8. The minimum Gasteiger partial charge on any atom is -0.487 e. The number of hydrogen-bond donors (Lipinski definition) is 2. The van der Waals surface area contributed by atoms with Crippen LogP contribution >= 0.6 is 0 Å². The third-order valence-corrected chi connectivity index (χ3v) is 5.01. The average Bonchev–Trinajstić information content (AvgIpc) is 2.83. The SMILES string of the molecule is CCN(CC)C(=O)c1cccc(NC(=O)CNc2ccccc2OCc2ccccc2)c1. The van der Waals surface area contributed by atoms with Crippen molar-refractivity contribution in [3.63, 3.8) is 0 Å². The monoisotopic (exact) mass is 431 g/mol. The van der Waals surface area contributed by atoms with E-state index >= 15 is 0 Å². The fourth-order valence-corrected chi connectivity index (χ4v) is 3.28. The largest absolute Gasteiger partial charge is 0.487 e. The minimum absolute atomic E-state index is 0.0475. The molecule has 3 aromatic carbocycles. The molecule has 3 rings (SSSR count). The molecule has 0 aliphatic carbocycles. The van der Waals surface area contributed by atoms with E-state index in [-0.39, 0.29) is 18.4 Å². The van der Waals surface area contributed by atoms with Gasteiger partial charge in [-0.2, -0.15) is 0 Å². The highest BCUT2D eigenvalue weighted by atomic mass is 16.5. The Morgan fingerprint density at radius 1 is 0.875 bits per heavy atom. The van der Waals surface area contributed by atoms with Crippen molar-refractivity contribution < 1.29 is 14.3 Å². The summed E-state index contributed by atoms with van der Waals surface area (Å²) in [6, 6.07) is 24.4. The highest BCUT2D eigenvalue weighted by molar-refractivity contribution is 5.98. The summed E-state index contributed by atoms with van der Waals surface area (Å²) in [5.41, 5.74) is 2.95. The fourth-order valence-electron chi connectivity index (χ4n) is 3.28. The van der Waals surface area contributed by atoms with Crippen LogP contribution in [-0.4, -0.2) is 36.3 Å². The van der Waals surface area contributed by atoms with Crippen LogP contribution in [-0.2, 0) is 11.4 Å². The van der Waals surface area contributed by atoms with Crippen LogP contribution in [0.2, 0.25) is 0 Å². The molecule has 166 valence electrons. The summed E-state index contributed by atoms with van der Waals surface area (Å²) < 4.78 is 5.92. The summed E-state index contributed by atoms with van der Waals surface area (Å²) >= 11 is 0. The number of anilines is 2. The van der Waals surface area contributed by atoms with E-state index in [2.05, 4.69) is 10.6 Å². The molecule has 32 heavy (non-hydrogen) atoms. The number of hydrogen-bond acceptors (Lipinski definition) is 4. The smallest absolute Gasteiger partial charge is 0.253 e. The van der Waals surface area contributed by atoms with Crippen LogP contribution in [0.15, 0.2) is 78.9 Å². The second-order valence-corrected chi connectivity index (χ2v) is 7.23. The highest BCUT2D eigenvalue weighted by Crippen LogP contribution is 2.24. The maximum atomic E-state index is 12.5. The van der Waals surface area contributed by atoms with Gasteiger partial charge in [-0.25, -0.2) is 0 Å². The highest BCUT2D eigenvalue weighted by Gasteiger charge is 2.13. The van der Waals surface area contributed by atoms with Crippen LogP contribution in [0.25, 0.3) is 0 Å². The third kappa shape index (κ3) is 6.35. The molecule has 0 aliphatic rings. The number of rotatable bonds is 10. The van der Waals surface area contributed by atoms with Gasteiger partial charge >= 0.3 is 0 Å². The Bertz CT molecular complexity index is 1030. The topological polar surface area (TPSA) is 70.7 Å². The first-order valence-electron chi connectivity index (χ1n) is 10.8. The lowest BCUT2D eigenvalue weighted by atomic mass is 10.1. The van der Waals surface area contributed by atoms with Gasteiger partial charge in [-0.05, 0) is 49.7 Å². The van der Waals surface area contributed by atoms with Gasteiger partial charge in [0.15, 0.2) is 0 Å². The average molecular weight is 432 g/mol. The Balaban J connectivity index is 1.58. The van der Waals surface area contributed by atoms with E-state index in [4.69, 9.17) is 4.74 Å². The van der Waals surface area contributed by atoms with Crippen molar-refractivity contribution in [2.24, 2.45) is 0 Å². The van der Waals surface area contributed by atoms with Gasteiger partial charge in [-0.3, -0.25) is 9.59 Å². The van der Waals surface area contributed by atoms with Gasteiger partial charge < -0.3 is 20.3 Å². The van der Waals surface area contributed by atoms with E-state index in [9.17, 15) is 9.59 Å². The van der Waals surface area contributed by atoms with Crippen LogP contribution in [0.3, 0.4) is 0 Å². The fraction of sp³-hybridized carbons (Fsp3) is 0.231. The molecule has 3 aromatic rings. The first kappa shape index (κ1) is 22.9. The zero-order valence-electron chi connectivity index (χ0n) is 18.5. The van der Waals surface area contributed by atoms with E-state index in [0.717, 1.165) is 11.3 Å². The number of nitrogens with zero attached hydrogens (tertiary/aromatic N) is 1. The van der Waals surface area contributed by atoms with Gasteiger partial charge in [0, 0.05) is 24.3 Å². The van der Waals surface area contributed by atoms with Crippen molar-refractivity contribution in [1.82, 2.24) is 4.90 Å². The molecule has 2 N–H and O–H groups in total. The lowest BCUT2D eigenvalue weighted by Gasteiger charge is -2.19. The van der Waals surface area contributed by atoms with Crippen molar-refractivity contribution in [2.45, 2.75) is 20.5 Å². The molecule has 0 fully saturated rings. The predicted molar refractivity (Wildman–Crippen MR) is 128 cm³/mol. The van der Waals surface area contributed by atoms with Crippen LogP contribution in [0.5, 0.6) is 5.75 Å². The van der Waals surface area contributed by atoms with Crippen molar-refractivity contribution in [3.8, 4) is 5.75 Å². The molecule has 2 amide bonds. The molecule has 0 saturated heterocycles. The molecule has 0 unspecified atom stereocenters. The molecule has 0 aliphatic heterocycles. The summed E-state index contributed by atoms with van der Waals surface area (Å²) in [4.78, 5) is 26.8. The Morgan fingerprint density at radius 3 is 2.34 bits per heavy atom. The maximum absolute atomic E-state index is 12.5. The third-order valence-electron chi connectivity index (χ3n) is 5.01. The van der Waals surface area contributed by atoms with Gasteiger partial charge in [0.05, 0.1) is 12.2 Å². The normalized spacial score (nSPS) is 10.3. The molecule has 0 saturated carbocycles. The molecular weight excluding hydrogens is 402 g/mol. The second kappa shape index (κ2) is 11.6. The molecule has 0 spiro atoms. The number of benzene rings is 3. The van der Waals surface area contributed by atoms with Crippen LogP contribution in [0.4, 0.5) is 11.4 Å². The number of amides is 2. The van der Waals surface area contributed by atoms with Crippen molar-refractivity contribution >= 4 is 23.2 Å². The molecule has 0 aromatic heterocycles. The first-order valence-corrected chi connectivity index (χ1v) is 10.8. The minimum atomic E-state index is -0.213. The second-order valence-electron chi connectivity index (χ2n) is 7.23. The molecule has 0 bridgehead atoms. The Hall–Kier alpha value is -3.80. The number of ether oxygens (including phenoxy) is 1. The first-order chi connectivity index (χ1) is 15.6. The molecular formula is C26H29N3O3. The number of para-hydroxylation sites is 2. The quantitative estimate of drug-likeness (QED) is 0.484. The van der Waals surface area contributed by atoms with Gasteiger partial charge in [-0.15, -0.1) is 0 Å². The van der Waals surface area contributed by atoms with Gasteiger partial charge in [0.1, 0.15) is 12.4 Å². The lowest BCUT2D eigenvalue weighted by Crippen LogP contribution is -2.30. The molecule has 6 nitrogen and oxygen atoms in total. The van der Waals surface area contributed by atoms with Crippen LogP contribution in [0, 0.1) is 0 Å². The number of carbonyl (C=O) groups excluding carboxylic acids is 2. The van der Waals surface area contributed by atoms with Gasteiger partial charge in [-0.1, -0.05) is 48.5 Å². The summed E-state index contributed by atoms with van der Waals surface area (Å²) in [5.74, 6) is 0.417. The summed E-state index contributed by atoms with van der Waals surface area (Å²) in [6.45, 7) is 5.68. The summed E-state index contributed by atoms with van der Waals surface area (Å²) in [6.07, 6.45) is 0. The number of carbonyl (C=O) groups is 2. The maximum Gasteiger partial charge on any atom is 0.253 e.